The fourth-order valence-corrected chi connectivity index (χ4v) is 3.78. The minimum Gasteiger partial charge on any atom is -0.494 e. The van der Waals surface area contributed by atoms with E-state index in [1.54, 1.807) is 13.2 Å². The van der Waals surface area contributed by atoms with Crippen molar-refractivity contribution in [2.45, 2.75) is 6.42 Å². The quantitative estimate of drug-likeness (QED) is 0.138. The third kappa shape index (κ3) is 5.31. The molecule has 4 aromatic rings. The molecule has 3 N–H and O–H groups in total. The van der Waals surface area contributed by atoms with E-state index in [2.05, 4.69) is 10.3 Å². The topological polar surface area (TPSA) is 113 Å². The normalized spacial score (nSPS) is 11.7. The number of nitro groups is 1. The maximum atomic E-state index is 11.3. The zero-order valence-electron chi connectivity index (χ0n) is 18.8. The van der Waals surface area contributed by atoms with Crippen LogP contribution < -0.4 is 5.32 Å². The van der Waals surface area contributed by atoms with Crippen molar-refractivity contribution in [3.63, 3.8) is 0 Å². The van der Waals surface area contributed by atoms with Gasteiger partial charge in [-0.1, -0.05) is 42.5 Å². The molecule has 0 aliphatic carbocycles. The van der Waals surface area contributed by atoms with Gasteiger partial charge in [0.25, 0.3) is 5.69 Å². The summed E-state index contributed by atoms with van der Waals surface area (Å²) in [5.41, 5.74) is 4.18. The second-order valence-electron chi connectivity index (χ2n) is 7.82. The van der Waals surface area contributed by atoms with Crippen LogP contribution in [0.1, 0.15) is 16.7 Å². The lowest BCUT2D eigenvalue weighted by Crippen LogP contribution is -2.21. The number of H-pyrrole nitrogens is 1. The molecule has 0 saturated heterocycles. The van der Waals surface area contributed by atoms with Gasteiger partial charge in [0, 0.05) is 42.3 Å². The largest absolute Gasteiger partial charge is 0.494 e. The lowest BCUT2D eigenvalue weighted by Gasteiger charge is -2.09. The molecule has 0 aliphatic heterocycles. The van der Waals surface area contributed by atoms with Gasteiger partial charge in [-0.15, -0.1) is 0 Å². The zero-order valence-corrected chi connectivity index (χ0v) is 18.8. The highest BCUT2D eigenvalue weighted by molar-refractivity contribution is 6.22. The van der Waals surface area contributed by atoms with Crippen molar-refractivity contribution in [1.82, 2.24) is 10.3 Å². The summed E-state index contributed by atoms with van der Waals surface area (Å²) >= 11 is 0. The highest BCUT2D eigenvalue weighted by Gasteiger charge is 2.20. The third-order valence-corrected chi connectivity index (χ3v) is 5.51. The SMILES string of the molecule is COCCNCCc1ccc(N=C(c2ccccc2)c2c(O)[nH]c3ccc([N+](=O)[O-])cc23)cc1. The Balaban J connectivity index is 1.71. The predicted molar refractivity (Wildman–Crippen MR) is 133 cm³/mol. The Morgan fingerprint density at radius 2 is 1.85 bits per heavy atom. The highest BCUT2D eigenvalue weighted by Crippen LogP contribution is 2.33. The van der Waals surface area contributed by atoms with E-state index >= 15 is 0 Å². The summed E-state index contributed by atoms with van der Waals surface area (Å²) in [4.78, 5) is 18.7. The molecule has 4 rings (SSSR count). The summed E-state index contributed by atoms with van der Waals surface area (Å²) in [7, 11) is 1.68. The maximum Gasteiger partial charge on any atom is 0.270 e. The van der Waals surface area contributed by atoms with Gasteiger partial charge in [0.1, 0.15) is 0 Å². The van der Waals surface area contributed by atoms with Gasteiger partial charge in [0.2, 0.25) is 0 Å². The summed E-state index contributed by atoms with van der Waals surface area (Å²) in [5.74, 6) is -0.0862. The molecule has 0 bridgehead atoms. The number of aliphatic imine (C=N–C) groups is 1. The molecule has 0 atom stereocenters. The first kappa shape index (κ1) is 23.2. The number of aromatic hydroxyl groups is 1. The maximum absolute atomic E-state index is 11.3. The van der Waals surface area contributed by atoms with Gasteiger partial charge in [0.05, 0.1) is 28.5 Å². The van der Waals surface area contributed by atoms with Crippen molar-refractivity contribution >= 4 is 28.0 Å². The van der Waals surface area contributed by atoms with E-state index in [0.717, 1.165) is 25.1 Å². The molecule has 1 aromatic heterocycles. The van der Waals surface area contributed by atoms with Crippen molar-refractivity contribution < 1.29 is 14.8 Å². The average molecular weight is 459 g/mol. The lowest BCUT2D eigenvalue weighted by molar-refractivity contribution is -0.384. The minimum absolute atomic E-state index is 0.0522. The van der Waals surface area contributed by atoms with E-state index in [0.29, 0.717) is 34.5 Å². The Morgan fingerprint density at radius 3 is 2.56 bits per heavy atom. The Labute approximate surface area is 197 Å². The smallest absolute Gasteiger partial charge is 0.270 e. The van der Waals surface area contributed by atoms with E-state index in [1.165, 1.54) is 17.7 Å². The number of nitrogens with zero attached hydrogens (tertiary/aromatic N) is 2. The molecule has 0 radical (unpaired) electrons. The van der Waals surface area contributed by atoms with Crippen LogP contribution >= 0.6 is 0 Å². The van der Waals surface area contributed by atoms with Crippen LogP contribution in [-0.4, -0.2) is 47.5 Å². The Bertz CT molecular complexity index is 1300. The van der Waals surface area contributed by atoms with E-state index < -0.39 is 4.92 Å². The number of nitro benzene ring substituents is 1. The van der Waals surface area contributed by atoms with Gasteiger partial charge in [-0.2, -0.15) is 0 Å². The van der Waals surface area contributed by atoms with Crippen LogP contribution in [0.4, 0.5) is 11.4 Å². The molecule has 3 aromatic carbocycles. The third-order valence-electron chi connectivity index (χ3n) is 5.51. The summed E-state index contributed by atoms with van der Waals surface area (Å²) in [6.45, 7) is 2.34. The number of aromatic amines is 1. The molecular formula is C26H26N4O4. The van der Waals surface area contributed by atoms with Crippen molar-refractivity contribution in [2.75, 3.05) is 26.8 Å². The lowest BCUT2D eigenvalue weighted by atomic mass is 10.0. The van der Waals surface area contributed by atoms with Gasteiger partial charge >= 0.3 is 0 Å². The number of hydrogen-bond donors (Lipinski definition) is 3. The molecule has 8 heteroatoms. The minimum atomic E-state index is -0.449. The molecule has 0 saturated carbocycles. The first-order valence-corrected chi connectivity index (χ1v) is 11.0. The molecule has 0 unspecified atom stereocenters. The fourth-order valence-electron chi connectivity index (χ4n) is 3.78. The Hall–Kier alpha value is -4.01. The number of rotatable bonds is 10. The van der Waals surface area contributed by atoms with Gasteiger partial charge < -0.3 is 20.1 Å². The number of ether oxygens (including phenoxy) is 1. The van der Waals surface area contributed by atoms with Crippen LogP contribution in [0.5, 0.6) is 5.88 Å². The van der Waals surface area contributed by atoms with E-state index in [9.17, 15) is 15.2 Å². The molecule has 0 amide bonds. The summed E-state index contributed by atoms with van der Waals surface area (Å²) < 4.78 is 5.04. The molecular weight excluding hydrogens is 432 g/mol. The number of nitrogens with one attached hydrogen (secondary N) is 2. The number of non-ortho nitro benzene ring substituents is 1. The molecule has 1 heterocycles. The summed E-state index contributed by atoms with van der Waals surface area (Å²) in [5, 5.41) is 26.0. The standard InChI is InChI=1S/C26H26N4O4/c1-34-16-15-27-14-13-18-7-9-20(10-8-18)28-25(19-5-3-2-4-6-19)24-22-17-21(30(32)33)11-12-23(22)29-26(24)31/h2-12,17,27,29,31H,13-16H2,1H3. The number of aromatic nitrogens is 1. The first-order chi connectivity index (χ1) is 16.6. The van der Waals surface area contributed by atoms with Gasteiger partial charge in [-0.3, -0.25) is 10.1 Å². The molecule has 174 valence electrons. The second kappa shape index (κ2) is 10.7. The fraction of sp³-hybridized carbons (Fsp3) is 0.192. The molecule has 8 nitrogen and oxygen atoms in total. The van der Waals surface area contributed by atoms with E-state index in [4.69, 9.17) is 9.73 Å². The average Bonchev–Trinajstić information content (AvgIpc) is 3.18. The second-order valence-corrected chi connectivity index (χ2v) is 7.82. The number of fused-ring (bicyclic) bond motifs is 1. The number of methoxy groups -OCH3 is 1. The van der Waals surface area contributed by atoms with Crippen molar-refractivity contribution in [3.05, 3.63) is 99.6 Å². The zero-order chi connectivity index (χ0) is 23.9. The van der Waals surface area contributed by atoms with Crippen molar-refractivity contribution in [3.8, 4) is 5.88 Å². The molecule has 34 heavy (non-hydrogen) atoms. The van der Waals surface area contributed by atoms with Crippen LogP contribution in [0.2, 0.25) is 0 Å². The van der Waals surface area contributed by atoms with Crippen molar-refractivity contribution in [1.29, 1.82) is 0 Å². The van der Waals surface area contributed by atoms with E-state index in [-0.39, 0.29) is 11.6 Å². The monoisotopic (exact) mass is 458 g/mol. The summed E-state index contributed by atoms with van der Waals surface area (Å²) in [6.07, 6.45) is 0.881. The first-order valence-electron chi connectivity index (χ1n) is 11.0. The van der Waals surface area contributed by atoms with E-state index in [1.807, 2.05) is 54.6 Å². The van der Waals surface area contributed by atoms with Crippen LogP contribution in [0.25, 0.3) is 10.9 Å². The van der Waals surface area contributed by atoms with Gasteiger partial charge in [-0.25, -0.2) is 4.99 Å². The van der Waals surface area contributed by atoms with Crippen LogP contribution in [0.15, 0.2) is 77.8 Å². The summed E-state index contributed by atoms with van der Waals surface area (Å²) in [6, 6.07) is 21.8. The highest BCUT2D eigenvalue weighted by atomic mass is 16.6. The van der Waals surface area contributed by atoms with Crippen LogP contribution in [-0.2, 0) is 11.2 Å². The molecule has 0 fully saturated rings. The Kier molecular flexibility index (Phi) is 7.31. The van der Waals surface area contributed by atoms with Crippen LogP contribution in [0.3, 0.4) is 0 Å². The molecule has 0 spiro atoms. The number of benzene rings is 3. The van der Waals surface area contributed by atoms with Crippen LogP contribution in [0, 0.1) is 10.1 Å². The van der Waals surface area contributed by atoms with Gasteiger partial charge in [-0.05, 0) is 36.7 Å². The van der Waals surface area contributed by atoms with Crippen molar-refractivity contribution in [2.24, 2.45) is 4.99 Å². The Morgan fingerprint density at radius 1 is 1.09 bits per heavy atom. The number of hydrogen-bond acceptors (Lipinski definition) is 6. The predicted octanol–water partition coefficient (Wildman–Crippen LogP) is 4.73. The molecule has 0 aliphatic rings. The van der Waals surface area contributed by atoms with Gasteiger partial charge in [0.15, 0.2) is 5.88 Å².